The van der Waals surface area contributed by atoms with Gasteiger partial charge in [0.1, 0.15) is 18.3 Å². The van der Waals surface area contributed by atoms with E-state index in [-0.39, 0.29) is 65.4 Å². The number of carbonyl (C=O) groups excluding carboxylic acids is 3. The molecule has 8 aliphatic rings. The summed E-state index contributed by atoms with van der Waals surface area (Å²) in [4.78, 5) is 40.6. The summed E-state index contributed by atoms with van der Waals surface area (Å²) in [6, 6.07) is 0. The lowest BCUT2D eigenvalue weighted by atomic mass is 9.49. The third-order valence-electron chi connectivity index (χ3n) is 13.4. The van der Waals surface area contributed by atoms with E-state index in [9.17, 15) is 19.5 Å². The fraction of sp³-hybridized carbons (Fsp3) is 0.718. The van der Waals surface area contributed by atoms with Crippen LogP contribution in [0.4, 0.5) is 0 Å². The van der Waals surface area contributed by atoms with Crippen molar-refractivity contribution in [2.45, 2.75) is 116 Å². The summed E-state index contributed by atoms with van der Waals surface area (Å²) in [6.45, 7) is 8.45. The lowest BCUT2D eigenvalue weighted by Crippen LogP contribution is -2.55. The van der Waals surface area contributed by atoms with Crippen LogP contribution in [-0.2, 0) is 23.9 Å². The number of fused-ring (bicyclic) bond motifs is 3. The first-order valence-electron chi connectivity index (χ1n) is 17.8. The Kier molecular flexibility index (Phi) is 7.86. The molecule has 244 valence electrons. The largest absolute Gasteiger partial charge is 0.461 e. The molecule has 7 atom stereocenters. The summed E-state index contributed by atoms with van der Waals surface area (Å²) in [5.41, 5.74) is 0.110. The van der Waals surface area contributed by atoms with E-state index in [4.69, 9.17) is 9.47 Å². The van der Waals surface area contributed by atoms with Crippen molar-refractivity contribution in [1.29, 1.82) is 0 Å². The standard InChI is InChI=1S/C39H52O6/c1-5-37(4)16-24(3)33-30(35(37)45-32(40)21-38-17-25-12-26(18-38)14-27(13-25)19-38)15-28(20-39(43)31(33)11-23(2)34(39)41)22-44-36(42)29-9-7-6-8-10-29/h7,9-11,15,24-27,30-31,33,35,43H,5-6,8,12-14,16-22H2,1-4H3/t24-,25?,26?,27?,30-,31+,33?,35+,37+,38?,39-/m1/s1. The molecule has 6 nitrogen and oxygen atoms in total. The highest BCUT2D eigenvalue weighted by atomic mass is 16.5. The van der Waals surface area contributed by atoms with Crippen molar-refractivity contribution in [2.24, 2.45) is 52.3 Å². The van der Waals surface area contributed by atoms with Crippen LogP contribution in [0.1, 0.15) is 105 Å². The van der Waals surface area contributed by atoms with Crippen LogP contribution in [0, 0.1) is 52.3 Å². The molecule has 5 fully saturated rings. The van der Waals surface area contributed by atoms with E-state index < -0.39 is 11.6 Å². The van der Waals surface area contributed by atoms with Crippen LogP contribution in [0.15, 0.2) is 47.1 Å². The van der Waals surface area contributed by atoms with Crippen LogP contribution < -0.4 is 0 Å². The molecule has 0 aliphatic heterocycles. The van der Waals surface area contributed by atoms with Crippen molar-refractivity contribution in [2.75, 3.05) is 6.61 Å². The Labute approximate surface area is 268 Å². The van der Waals surface area contributed by atoms with E-state index in [1.54, 1.807) is 13.0 Å². The quantitative estimate of drug-likeness (QED) is 0.240. The Morgan fingerprint density at radius 1 is 1.02 bits per heavy atom. The van der Waals surface area contributed by atoms with E-state index in [0.717, 1.165) is 68.3 Å². The number of esters is 2. The molecule has 0 saturated heterocycles. The third-order valence-corrected chi connectivity index (χ3v) is 13.4. The van der Waals surface area contributed by atoms with Gasteiger partial charge in [-0.15, -0.1) is 0 Å². The second-order valence-electron chi connectivity index (χ2n) is 16.7. The zero-order valence-electron chi connectivity index (χ0n) is 27.7. The Balaban J connectivity index is 1.20. The number of hydrogen-bond donors (Lipinski definition) is 1. The minimum atomic E-state index is -1.59. The van der Waals surface area contributed by atoms with Crippen LogP contribution in [0.2, 0.25) is 0 Å². The number of aliphatic hydroxyl groups is 1. The first-order valence-corrected chi connectivity index (χ1v) is 17.8. The second-order valence-corrected chi connectivity index (χ2v) is 16.7. The Hall–Kier alpha value is -2.47. The van der Waals surface area contributed by atoms with Crippen molar-refractivity contribution in [1.82, 2.24) is 0 Å². The molecule has 8 aliphatic carbocycles. The maximum Gasteiger partial charge on any atom is 0.338 e. The summed E-state index contributed by atoms with van der Waals surface area (Å²) >= 11 is 0. The van der Waals surface area contributed by atoms with Gasteiger partial charge in [-0.2, -0.15) is 0 Å². The molecule has 0 aromatic heterocycles. The Morgan fingerprint density at radius 2 is 1.71 bits per heavy atom. The van der Waals surface area contributed by atoms with E-state index >= 15 is 0 Å². The summed E-state index contributed by atoms with van der Waals surface area (Å²) in [6.07, 6.45) is 20.9. The monoisotopic (exact) mass is 616 g/mol. The second kappa shape index (κ2) is 11.3. The minimum Gasteiger partial charge on any atom is -0.461 e. The number of allylic oxidation sites excluding steroid dienone is 2. The van der Waals surface area contributed by atoms with Crippen LogP contribution in [0.5, 0.6) is 0 Å². The van der Waals surface area contributed by atoms with Gasteiger partial charge in [0.15, 0.2) is 5.78 Å². The molecule has 4 bridgehead atoms. The first kappa shape index (κ1) is 31.1. The highest BCUT2D eigenvalue weighted by Gasteiger charge is 2.61. The molecule has 45 heavy (non-hydrogen) atoms. The van der Waals surface area contributed by atoms with Gasteiger partial charge in [-0.3, -0.25) is 9.59 Å². The highest BCUT2D eigenvalue weighted by Crippen LogP contribution is 2.62. The van der Waals surface area contributed by atoms with E-state index in [1.807, 2.05) is 18.2 Å². The fourth-order valence-corrected chi connectivity index (χ4v) is 11.8. The number of Topliss-reactive ketones (excluding diaryl/α,β-unsaturated/α-hetero) is 1. The smallest absolute Gasteiger partial charge is 0.338 e. The average Bonchev–Trinajstić information content (AvgIpc) is 3.12. The maximum atomic E-state index is 14.1. The molecule has 0 aromatic rings. The molecule has 5 saturated carbocycles. The summed E-state index contributed by atoms with van der Waals surface area (Å²) in [7, 11) is 0. The first-order chi connectivity index (χ1) is 21.4. The van der Waals surface area contributed by atoms with E-state index in [2.05, 4.69) is 26.8 Å². The number of carbonyl (C=O) groups is 3. The molecule has 0 amide bonds. The van der Waals surface area contributed by atoms with Crippen molar-refractivity contribution < 1.29 is 29.0 Å². The van der Waals surface area contributed by atoms with Crippen molar-refractivity contribution in [3.8, 4) is 0 Å². The molecule has 6 heteroatoms. The van der Waals surface area contributed by atoms with E-state index in [1.165, 1.54) is 19.3 Å². The van der Waals surface area contributed by atoms with E-state index in [0.29, 0.717) is 17.6 Å². The number of ketones is 1. The molecule has 0 radical (unpaired) electrons. The van der Waals surface area contributed by atoms with Crippen LogP contribution in [-0.4, -0.2) is 41.1 Å². The molecule has 8 rings (SSSR count). The zero-order valence-corrected chi connectivity index (χ0v) is 27.7. The average molecular weight is 617 g/mol. The Bertz CT molecular complexity index is 1350. The van der Waals surface area contributed by atoms with Crippen LogP contribution >= 0.6 is 0 Å². The number of ether oxygens (including phenoxy) is 2. The number of hydrogen-bond acceptors (Lipinski definition) is 6. The van der Waals surface area contributed by atoms with Gasteiger partial charge in [0.25, 0.3) is 0 Å². The lowest BCUT2D eigenvalue weighted by Gasteiger charge is -2.57. The van der Waals surface area contributed by atoms with Gasteiger partial charge in [-0.25, -0.2) is 4.79 Å². The predicted molar refractivity (Wildman–Crippen MR) is 172 cm³/mol. The Morgan fingerprint density at radius 3 is 2.33 bits per heavy atom. The zero-order chi connectivity index (χ0) is 31.7. The van der Waals surface area contributed by atoms with Gasteiger partial charge in [-0.05, 0) is 117 Å². The van der Waals surface area contributed by atoms with Crippen molar-refractivity contribution >= 4 is 17.7 Å². The minimum absolute atomic E-state index is 0.000244. The van der Waals surface area contributed by atoms with Crippen molar-refractivity contribution in [3.63, 3.8) is 0 Å². The van der Waals surface area contributed by atoms with Gasteiger partial charge in [0.05, 0.1) is 12.0 Å². The van der Waals surface area contributed by atoms with Gasteiger partial charge >= 0.3 is 11.9 Å². The SMILES string of the molecule is CC[C@@]1(C)C[C@@H](C)C2[C@@H](C=C(COC(=O)C3=CCCC=C3)C[C@]3(O)C(=O)C(C)=C[C@@H]23)[C@@H]1OC(=O)CC12CC3CC(CC(C3)C1)C2. The predicted octanol–water partition coefficient (Wildman–Crippen LogP) is 7.22. The molecule has 0 aromatic carbocycles. The van der Waals surface area contributed by atoms with Gasteiger partial charge in [-0.1, -0.05) is 51.2 Å². The summed E-state index contributed by atoms with van der Waals surface area (Å²) in [5.74, 6) is 1.13. The van der Waals surface area contributed by atoms with Crippen LogP contribution in [0.3, 0.4) is 0 Å². The molecular weight excluding hydrogens is 564 g/mol. The maximum absolute atomic E-state index is 14.1. The van der Waals surface area contributed by atoms with Crippen LogP contribution in [0.25, 0.3) is 0 Å². The molecule has 1 unspecified atom stereocenters. The summed E-state index contributed by atoms with van der Waals surface area (Å²) < 4.78 is 12.5. The molecular formula is C39H52O6. The van der Waals surface area contributed by atoms with Gasteiger partial charge in [0, 0.05) is 23.7 Å². The normalized spacial score (nSPS) is 44.7. The molecule has 0 heterocycles. The van der Waals surface area contributed by atoms with Gasteiger partial charge < -0.3 is 14.6 Å². The topological polar surface area (TPSA) is 89.9 Å². The van der Waals surface area contributed by atoms with Crippen molar-refractivity contribution in [3.05, 3.63) is 47.1 Å². The molecule has 1 N–H and O–H groups in total. The van der Waals surface area contributed by atoms with Gasteiger partial charge in [0.2, 0.25) is 0 Å². The number of rotatable bonds is 7. The third kappa shape index (κ3) is 5.41. The molecule has 0 spiro atoms. The highest BCUT2D eigenvalue weighted by molar-refractivity contribution is 6.04. The lowest BCUT2D eigenvalue weighted by molar-refractivity contribution is -0.180. The fourth-order valence-electron chi connectivity index (χ4n) is 11.8. The summed E-state index contributed by atoms with van der Waals surface area (Å²) in [5, 5.41) is 12.2.